The van der Waals surface area contributed by atoms with Crippen LogP contribution >= 0.6 is 11.8 Å². The highest BCUT2D eigenvalue weighted by Gasteiger charge is 1.99. The Morgan fingerprint density at radius 1 is 1.82 bits per heavy atom. The van der Waals surface area contributed by atoms with Gasteiger partial charge in [0.15, 0.2) is 0 Å². The highest BCUT2D eigenvalue weighted by atomic mass is 32.2. The van der Waals surface area contributed by atoms with Gasteiger partial charge in [-0.2, -0.15) is 0 Å². The van der Waals surface area contributed by atoms with Crippen LogP contribution in [0.2, 0.25) is 0 Å². The second kappa shape index (κ2) is 3.38. The molecule has 0 fully saturated rings. The third-order valence-electron chi connectivity index (χ3n) is 0.933. The average Bonchev–Trinajstić information content (AvgIpc) is 2.31. The Bertz CT molecular complexity index is 255. The molecule has 0 aliphatic carbocycles. The maximum atomic E-state index is 6.94. The van der Waals surface area contributed by atoms with Crippen molar-refractivity contribution in [2.45, 2.75) is 12.1 Å². The van der Waals surface area contributed by atoms with Crippen LogP contribution in [0.15, 0.2) is 5.16 Å². The Labute approximate surface area is 68.3 Å². The number of thioether (sulfide) groups is 1. The topological polar surface area (TPSA) is 91.4 Å². The summed E-state index contributed by atoms with van der Waals surface area (Å²) in [6.07, 6.45) is 0. The summed E-state index contributed by atoms with van der Waals surface area (Å²) in [4.78, 5) is 4.03. The first-order valence-corrected chi connectivity index (χ1v) is 4.02. The molecule has 60 valence electrons. The van der Waals surface area contributed by atoms with Crippen LogP contribution in [-0.4, -0.2) is 26.8 Å². The van der Waals surface area contributed by atoms with Crippen molar-refractivity contribution >= 4 is 17.6 Å². The van der Waals surface area contributed by atoms with E-state index in [1.54, 1.807) is 0 Å². The molecule has 6 heteroatoms. The maximum absolute atomic E-state index is 6.94. The van der Waals surface area contributed by atoms with Gasteiger partial charge < -0.3 is 5.73 Å². The average molecular weight is 171 g/mol. The van der Waals surface area contributed by atoms with Crippen LogP contribution < -0.4 is 5.73 Å². The highest BCUT2D eigenvalue weighted by molar-refractivity contribution is 7.99. The molecule has 0 saturated heterocycles. The fourth-order valence-electron chi connectivity index (χ4n) is 0.529. The molecule has 1 aromatic heterocycles. The third kappa shape index (κ3) is 2.58. The van der Waals surface area contributed by atoms with E-state index < -0.39 is 0 Å². The van der Waals surface area contributed by atoms with E-state index in [4.69, 9.17) is 11.1 Å². The summed E-state index contributed by atoms with van der Waals surface area (Å²) in [5.74, 6) is 1.35. The predicted molar refractivity (Wildman–Crippen MR) is 43.8 cm³/mol. The normalized spacial score (nSPS) is 9.91. The van der Waals surface area contributed by atoms with E-state index in [2.05, 4.69) is 15.2 Å². The molecule has 1 heterocycles. The fourth-order valence-corrected chi connectivity index (χ4v) is 1.13. The molecule has 0 aliphatic heterocycles. The van der Waals surface area contributed by atoms with Gasteiger partial charge in [0.05, 0.1) is 5.75 Å². The lowest BCUT2D eigenvalue weighted by Crippen LogP contribution is -2.12. The molecule has 0 bridgehead atoms. The van der Waals surface area contributed by atoms with Gasteiger partial charge in [0.1, 0.15) is 11.7 Å². The minimum absolute atomic E-state index is 0.137. The van der Waals surface area contributed by atoms with Gasteiger partial charge in [-0.1, -0.05) is 11.8 Å². The molecular formula is C5H9N5S. The highest BCUT2D eigenvalue weighted by Crippen LogP contribution is 2.10. The first kappa shape index (κ1) is 8.06. The van der Waals surface area contributed by atoms with E-state index in [9.17, 15) is 0 Å². The van der Waals surface area contributed by atoms with Gasteiger partial charge >= 0.3 is 0 Å². The number of hydrogen-bond donors (Lipinski definition) is 3. The van der Waals surface area contributed by atoms with Gasteiger partial charge in [0.2, 0.25) is 5.16 Å². The minimum Gasteiger partial charge on any atom is -0.387 e. The number of aromatic amines is 1. The van der Waals surface area contributed by atoms with E-state index in [1.165, 1.54) is 11.8 Å². The number of aryl methyl sites for hydroxylation is 1. The summed E-state index contributed by atoms with van der Waals surface area (Å²) in [7, 11) is 0. The zero-order valence-electron chi connectivity index (χ0n) is 6.09. The maximum Gasteiger partial charge on any atom is 0.208 e. The zero-order chi connectivity index (χ0) is 8.27. The van der Waals surface area contributed by atoms with Gasteiger partial charge in [-0.3, -0.25) is 10.5 Å². The van der Waals surface area contributed by atoms with Gasteiger partial charge in [-0.15, -0.1) is 5.10 Å². The molecule has 0 saturated carbocycles. The molecule has 4 N–H and O–H groups in total. The molecule has 0 atom stereocenters. The zero-order valence-corrected chi connectivity index (χ0v) is 6.90. The number of aromatic nitrogens is 3. The summed E-state index contributed by atoms with van der Waals surface area (Å²) < 4.78 is 0. The van der Waals surface area contributed by atoms with Crippen LogP contribution in [0.3, 0.4) is 0 Å². The van der Waals surface area contributed by atoms with Crippen LogP contribution in [0.4, 0.5) is 0 Å². The van der Waals surface area contributed by atoms with Crippen LogP contribution in [0, 0.1) is 12.3 Å². The van der Waals surface area contributed by atoms with E-state index in [-0.39, 0.29) is 5.84 Å². The lowest BCUT2D eigenvalue weighted by atomic mass is 10.7. The molecule has 11 heavy (non-hydrogen) atoms. The third-order valence-corrected chi connectivity index (χ3v) is 1.83. The van der Waals surface area contributed by atoms with Gasteiger partial charge in [0, 0.05) is 0 Å². The number of nitrogens with two attached hydrogens (primary N) is 1. The monoisotopic (exact) mass is 171 g/mol. The molecule has 5 nitrogen and oxygen atoms in total. The van der Waals surface area contributed by atoms with E-state index in [0.717, 1.165) is 5.82 Å². The number of H-pyrrole nitrogens is 1. The summed E-state index contributed by atoms with van der Waals surface area (Å²) in [5.41, 5.74) is 5.14. The first-order chi connectivity index (χ1) is 5.18. The molecule has 0 unspecified atom stereocenters. The molecule has 0 aromatic carbocycles. The van der Waals surface area contributed by atoms with Gasteiger partial charge in [-0.25, -0.2) is 4.98 Å². The van der Waals surface area contributed by atoms with Crippen molar-refractivity contribution in [3.05, 3.63) is 5.82 Å². The minimum atomic E-state index is 0.137. The number of hydrogen-bond acceptors (Lipinski definition) is 4. The van der Waals surface area contributed by atoms with Crippen LogP contribution in [0.5, 0.6) is 0 Å². The van der Waals surface area contributed by atoms with Gasteiger partial charge in [-0.05, 0) is 6.92 Å². The Balaban J connectivity index is 2.45. The quantitative estimate of drug-likeness (QED) is 0.343. The molecule has 0 spiro atoms. The predicted octanol–water partition coefficient (Wildman–Crippen LogP) is 0.141. The molecule has 1 rings (SSSR count). The summed E-state index contributed by atoms with van der Waals surface area (Å²) in [6, 6.07) is 0. The van der Waals surface area contributed by atoms with E-state index in [0.29, 0.717) is 10.9 Å². The lowest BCUT2D eigenvalue weighted by Gasteiger charge is -1.91. The molecule has 0 amide bonds. The SMILES string of the molecule is Cc1nc(SCC(=N)N)n[nH]1. The van der Waals surface area contributed by atoms with Crippen molar-refractivity contribution in [3.8, 4) is 0 Å². The Morgan fingerprint density at radius 3 is 3.00 bits per heavy atom. The second-order valence-corrected chi connectivity index (χ2v) is 2.96. The smallest absolute Gasteiger partial charge is 0.208 e. The Kier molecular flexibility index (Phi) is 2.48. The van der Waals surface area contributed by atoms with E-state index >= 15 is 0 Å². The van der Waals surface area contributed by atoms with Crippen molar-refractivity contribution in [2.75, 3.05) is 5.75 Å². The number of nitrogens with one attached hydrogen (secondary N) is 2. The Hall–Kier alpha value is -1.04. The standard InChI is InChI=1S/C5H9N5S/c1-3-8-5(10-9-3)11-2-4(6)7/h2H2,1H3,(H3,6,7)(H,8,9,10). The summed E-state index contributed by atoms with van der Waals surface area (Å²) in [5, 5.41) is 14.1. The fraction of sp³-hybridized carbons (Fsp3) is 0.400. The summed E-state index contributed by atoms with van der Waals surface area (Å²) in [6.45, 7) is 1.82. The Morgan fingerprint density at radius 2 is 2.55 bits per heavy atom. The summed E-state index contributed by atoms with van der Waals surface area (Å²) >= 11 is 1.35. The van der Waals surface area contributed by atoms with E-state index in [1.807, 2.05) is 6.92 Å². The second-order valence-electron chi connectivity index (χ2n) is 2.02. The van der Waals surface area contributed by atoms with Crippen molar-refractivity contribution in [1.29, 1.82) is 5.41 Å². The lowest BCUT2D eigenvalue weighted by molar-refractivity contribution is 0.971. The number of amidine groups is 1. The van der Waals surface area contributed by atoms with Crippen LogP contribution in [-0.2, 0) is 0 Å². The number of nitrogens with zero attached hydrogens (tertiary/aromatic N) is 2. The van der Waals surface area contributed by atoms with Gasteiger partial charge in [0.25, 0.3) is 0 Å². The van der Waals surface area contributed by atoms with Crippen molar-refractivity contribution < 1.29 is 0 Å². The molecule has 0 radical (unpaired) electrons. The van der Waals surface area contributed by atoms with Crippen LogP contribution in [0.1, 0.15) is 5.82 Å². The molecule has 0 aliphatic rings. The van der Waals surface area contributed by atoms with Crippen LogP contribution in [0.25, 0.3) is 0 Å². The van der Waals surface area contributed by atoms with Crippen molar-refractivity contribution in [2.24, 2.45) is 5.73 Å². The molecule has 1 aromatic rings. The first-order valence-electron chi connectivity index (χ1n) is 3.03. The van der Waals surface area contributed by atoms with Crippen molar-refractivity contribution in [1.82, 2.24) is 15.2 Å². The molecular weight excluding hydrogens is 162 g/mol. The largest absolute Gasteiger partial charge is 0.387 e. The van der Waals surface area contributed by atoms with Crippen molar-refractivity contribution in [3.63, 3.8) is 0 Å². The number of rotatable bonds is 3.